The maximum absolute atomic E-state index is 6.16. The molecular formula is C13H25Cl. The largest absolute Gasteiger partial charge is 0.123 e. The summed E-state index contributed by atoms with van der Waals surface area (Å²) >= 11 is 6.16. The molecule has 0 spiro atoms. The van der Waals surface area contributed by atoms with E-state index in [0.29, 0.717) is 5.38 Å². The zero-order valence-corrected chi connectivity index (χ0v) is 10.7. The van der Waals surface area contributed by atoms with Gasteiger partial charge in [-0.25, -0.2) is 0 Å². The van der Waals surface area contributed by atoms with E-state index >= 15 is 0 Å². The number of halogens is 1. The molecule has 0 radical (unpaired) electrons. The SMILES string of the molecule is CCC(Cl)CCC1CC(C)CC(C)C1. The van der Waals surface area contributed by atoms with Crippen molar-refractivity contribution >= 4 is 11.6 Å². The van der Waals surface area contributed by atoms with Crippen molar-refractivity contribution in [2.75, 3.05) is 0 Å². The van der Waals surface area contributed by atoms with Gasteiger partial charge in [-0.1, -0.05) is 20.8 Å². The molecule has 0 aromatic heterocycles. The highest BCUT2D eigenvalue weighted by Crippen LogP contribution is 2.35. The van der Waals surface area contributed by atoms with Gasteiger partial charge in [0.05, 0.1) is 0 Å². The van der Waals surface area contributed by atoms with Gasteiger partial charge in [0.2, 0.25) is 0 Å². The van der Waals surface area contributed by atoms with Crippen molar-refractivity contribution in [3.8, 4) is 0 Å². The normalized spacial score (nSPS) is 35.6. The van der Waals surface area contributed by atoms with Crippen LogP contribution in [0.3, 0.4) is 0 Å². The van der Waals surface area contributed by atoms with Crippen LogP contribution in [0.2, 0.25) is 0 Å². The molecule has 0 amide bonds. The second kappa shape index (κ2) is 6.00. The second-order valence-corrected chi connectivity index (χ2v) is 5.98. The minimum Gasteiger partial charge on any atom is -0.123 e. The minimum atomic E-state index is 0.419. The summed E-state index contributed by atoms with van der Waals surface area (Å²) in [6, 6.07) is 0. The molecule has 1 aliphatic rings. The molecule has 3 unspecified atom stereocenters. The summed E-state index contributed by atoms with van der Waals surface area (Å²) < 4.78 is 0. The first-order valence-electron chi connectivity index (χ1n) is 6.25. The molecule has 14 heavy (non-hydrogen) atoms. The average Bonchev–Trinajstić information content (AvgIpc) is 2.12. The Morgan fingerprint density at radius 2 is 1.71 bits per heavy atom. The quantitative estimate of drug-likeness (QED) is 0.589. The standard InChI is InChI=1S/C13H25Cl/c1-4-13(14)6-5-12-8-10(2)7-11(3)9-12/h10-13H,4-9H2,1-3H3. The Kier molecular flexibility index (Phi) is 5.30. The Morgan fingerprint density at radius 3 is 2.21 bits per heavy atom. The molecule has 1 fully saturated rings. The van der Waals surface area contributed by atoms with Crippen molar-refractivity contribution in [3.05, 3.63) is 0 Å². The Labute approximate surface area is 94.4 Å². The lowest BCUT2D eigenvalue weighted by atomic mass is 9.75. The number of rotatable bonds is 4. The Morgan fingerprint density at radius 1 is 1.14 bits per heavy atom. The summed E-state index contributed by atoms with van der Waals surface area (Å²) in [5.74, 6) is 2.85. The maximum Gasteiger partial charge on any atom is 0.0333 e. The van der Waals surface area contributed by atoms with Gasteiger partial charge < -0.3 is 0 Å². The Balaban J connectivity index is 2.23. The van der Waals surface area contributed by atoms with Crippen LogP contribution in [-0.2, 0) is 0 Å². The molecule has 0 heterocycles. The monoisotopic (exact) mass is 216 g/mol. The Bertz CT molecular complexity index is 145. The van der Waals surface area contributed by atoms with Crippen LogP contribution in [0, 0.1) is 17.8 Å². The van der Waals surface area contributed by atoms with Crippen molar-refractivity contribution in [2.45, 2.75) is 64.7 Å². The van der Waals surface area contributed by atoms with Crippen LogP contribution < -0.4 is 0 Å². The summed E-state index contributed by atoms with van der Waals surface area (Å²) in [4.78, 5) is 0. The molecule has 0 N–H and O–H groups in total. The van der Waals surface area contributed by atoms with E-state index < -0.39 is 0 Å². The highest BCUT2D eigenvalue weighted by Gasteiger charge is 2.23. The minimum absolute atomic E-state index is 0.419. The first-order valence-corrected chi connectivity index (χ1v) is 6.69. The van der Waals surface area contributed by atoms with Crippen molar-refractivity contribution in [1.29, 1.82) is 0 Å². The number of hydrogen-bond acceptors (Lipinski definition) is 0. The lowest BCUT2D eigenvalue weighted by molar-refractivity contribution is 0.207. The van der Waals surface area contributed by atoms with Gasteiger partial charge in [0.15, 0.2) is 0 Å². The first kappa shape index (κ1) is 12.4. The molecule has 0 nitrogen and oxygen atoms in total. The third kappa shape index (κ3) is 4.21. The molecule has 0 saturated heterocycles. The Hall–Kier alpha value is 0.290. The average molecular weight is 217 g/mol. The van der Waals surface area contributed by atoms with Gasteiger partial charge in [0, 0.05) is 5.38 Å². The van der Waals surface area contributed by atoms with Crippen LogP contribution in [0.15, 0.2) is 0 Å². The predicted molar refractivity (Wildman–Crippen MR) is 64.8 cm³/mol. The van der Waals surface area contributed by atoms with Crippen LogP contribution in [0.25, 0.3) is 0 Å². The van der Waals surface area contributed by atoms with Gasteiger partial charge in [0.25, 0.3) is 0 Å². The van der Waals surface area contributed by atoms with E-state index in [1.165, 1.54) is 32.1 Å². The van der Waals surface area contributed by atoms with E-state index in [1.807, 2.05) is 0 Å². The molecule has 1 aliphatic carbocycles. The van der Waals surface area contributed by atoms with Crippen molar-refractivity contribution in [1.82, 2.24) is 0 Å². The van der Waals surface area contributed by atoms with E-state index in [1.54, 1.807) is 0 Å². The fourth-order valence-corrected chi connectivity index (χ4v) is 3.10. The molecule has 0 aromatic rings. The van der Waals surface area contributed by atoms with Crippen LogP contribution >= 0.6 is 11.6 Å². The molecule has 0 aliphatic heterocycles. The summed E-state index contributed by atoms with van der Waals surface area (Å²) in [5.41, 5.74) is 0. The first-order chi connectivity index (χ1) is 6.61. The summed E-state index contributed by atoms with van der Waals surface area (Å²) in [6.07, 6.45) is 8.03. The molecule has 1 rings (SSSR count). The van der Waals surface area contributed by atoms with E-state index in [9.17, 15) is 0 Å². The van der Waals surface area contributed by atoms with Crippen molar-refractivity contribution in [3.63, 3.8) is 0 Å². The van der Waals surface area contributed by atoms with Crippen LogP contribution in [0.1, 0.15) is 59.3 Å². The summed E-state index contributed by atoms with van der Waals surface area (Å²) in [7, 11) is 0. The van der Waals surface area contributed by atoms with Gasteiger partial charge in [-0.15, -0.1) is 11.6 Å². The summed E-state index contributed by atoms with van der Waals surface area (Å²) in [6.45, 7) is 6.99. The van der Waals surface area contributed by atoms with Gasteiger partial charge in [-0.3, -0.25) is 0 Å². The number of hydrogen-bond donors (Lipinski definition) is 0. The van der Waals surface area contributed by atoms with Crippen LogP contribution in [0.5, 0.6) is 0 Å². The maximum atomic E-state index is 6.16. The lowest BCUT2D eigenvalue weighted by Gasteiger charge is -2.31. The van der Waals surface area contributed by atoms with E-state index in [0.717, 1.165) is 24.2 Å². The highest BCUT2D eigenvalue weighted by molar-refractivity contribution is 6.20. The van der Waals surface area contributed by atoms with Crippen molar-refractivity contribution in [2.24, 2.45) is 17.8 Å². The van der Waals surface area contributed by atoms with Gasteiger partial charge >= 0.3 is 0 Å². The predicted octanol–water partition coefficient (Wildman–Crippen LogP) is 4.86. The molecule has 0 bridgehead atoms. The van der Waals surface area contributed by atoms with E-state index in [2.05, 4.69) is 20.8 Å². The molecule has 1 heteroatoms. The topological polar surface area (TPSA) is 0 Å². The molecular weight excluding hydrogens is 192 g/mol. The third-order valence-corrected chi connectivity index (χ3v) is 4.13. The zero-order chi connectivity index (χ0) is 10.6. The van der Waals surface area contributed by atoms with Gasteiger partial charge in [0.1, 0.15) is 0 Å². The smallest absolute Gasteiger partial charge is 0.0333 e. The molecule has 3 atom stereocenters. The zero-order valence-electron chi connectivity index (χ0n) is 9.93. The summed E-state index contributed by atoms with van der Waals surface area (Å²) in [5, 5.41) is 0.419. The van der Waals surface area contributed by atoms with Gasteiger partial charge in [-0.2, -0.15) is 0 Å². The molecule has 0 aromatic carbocycles. The van der Waals surface area contributed by atoms with Crippen LogP contribution in [-0.4, -0.2) is 5.38 Å². The van der Waals surface area contributed by atoms with E-state index in [4.69, 9.17) is 11.6 Å². The van der Waals surface area contributed by atoms with Crippen molar-refractivity contribution < 1.29 is 0 Å². The fourth-order valence-electron chi connectivity index (χ4n) is 2.97. The molecule has 1 saturated carbocycles. The molecule has 84 valence electrons. The van der Waals surface area contributed by atoms with Crippen LogP contribution in [0.4, 0.5) is 0 Å². The second-order valence-electron chi connectivity index (χ2n) is 5.37. The van der Waals surface area contributed by atoms with Gasteiger partial charge in [-0.05, 0) is 56.3 Å². The fraction of sp³-hybridized carbons (Fsp3) is 1.00. The highest BCUT2D eigenvalue weighted by atomic mass is 35.5. The van der Waals surface area contributed by atoms with E-state index in [-0.39, 0.29) is 0 Å². The third-order valence-electron chi connectivity index (χ3n) is 3.61. The lowest BCUT2D eigenvalue weighted by Crippen LogP contribution is -2.20. The number of alkyl halides is 1.